The molecule has 1 aromatic rings. The first-order valence-electron chi connectivity index (χ1n) is 9.01. The number of aliphatic carboxylic acids is 1. The van der Waals surface area contributed by atoms with E-state index in [0.717, 1.165) is 5.56 Å². The fourth-order valence-electron chi connectivity index (χ4n) is 2.39. The molecule has 0 saturated carbocycles. The molecule has 0 bridgehead atoms. The summed E-state index contributed by atoms with van der Waals surface area (Å²) in [4.78, 5) is 47.1. The van der Waals surface area contributed by atoms with Gasteiger partial charge in [-0.3, -0.25) is 19.2 Å². The first-order chi connectivity index (χ1) is 13.1. The molecule has 0 spiro atoms. The van der Waals surface area contributed by atoms with Crippen molar-refractivity contribution in [2.24, 2.45) is 11.7 Å². The van der Waals surface area contributed by atoms with E-state index in [2.05, 4.69) is 16.0 Å². The Hall–Kier alpha value is -2.94. The fraction of sp³-hybridized carbons (Fsp3) is 0.474. The summed E-state index contributed by atoms with van der Waals surface area (Å²) in [5.41, 5.74) is 6.84. The molecule has 154 valence electrons. The predicted octanol–water partition coefficient (Wildman–Crippen LogP) is -0.597. The molecule has 0 aliphatic heterocycles. The number of hydrogen-bond acceptors (Lipinski definition) is 5. The van der Waals surface area contributed by atoms with Gasteiger partial charge in [0.25, 0.3) is 0 Å². The summed E-state index contributed by atoms with van der Waals surface area (Å²) >= 11 is 0. The second-order valence-electron chi connectivity index (χ2n) is 6.87. The van der Waals surface area contributed by atoms with Gasteiger partial charge >= 0.3 is 5.97 Å². The largest absolute Gasteiger partial charge is 0.480 e. The first-order valence-corrected chi connectivity index (χ1v) is 9.01. The Balaban J connectivity index is 2.58. The van der Waals surface area contributed by atoms with Crippen molar-refractivity contribution in [3.05, 3.63) is 35.9 Å². The zero-order valence-electron chi connectivity index (χ0n) is 16.3. The van der Waals surface area contributed by atoms with Crippen LogP contribution in [0.15, 0.2) is 30.3 Å². The highest BCUT2D eigenvalue weighted by molar-refractivity contribution is 5.92. The minimum Gasteiger partial charge on any atom is -0.480 e. The van der Waals surface area contributed by atoms with Crippen LogP contribution in [0.1, 0.15) is 26.3 Å². The van der Waals surface area contributed by atoms with Crippen molar-refractivity contribution in [2.45, 2.75) is 45.3 Å². The summed E-state index contributed by atoms with van der Waals surface area (Å²) in [5, 5.41) is 16.0. The summed E-state index contributed by atoms with van der Waals surface area (Å²) in [7, 11) is 0. The fourth-order valence-corrected chi connectivity index (χ4v) is 2.39. The number of amides is 3. The number of carbonyl (C=O) groups excluding carboxylic acids is 3. The van der Waals surface area contributed by atoms with Gasteiger partial charge in [-0.15, -0.1) is 0 Å². The third-order valence-electron chi connectivity index (χ3n) is 4.05. The molecule has 0 radical (unpaired) electrons. The van der Waals surface area contributed by atoms with Gasteiger partial charge in [0.05, 0.1) is 12.6 Å². The third-order valence-corrected chi connectivity index (χ3v) is 4.05. The standard InChI is InChI=1S/C19H28N4O5/c1-11(2)16(18(26)21-10-15(24)22-12(3)19(27)28)23-17(25)14(20)9-13-7-5-4-6-8-13/h4-8,11-12,14,16H,9-10,20H2,1-3H3,(H,21,26)(H,22,24)(H,23,25)(H,27,28). The van der Waals surface area contributed by atoms with Gasteiger partial charge in [0.15, 0.2) is 0 Å². The highest BCUT2D eigenvalue weighted by Crippen LogP contribution is 2.05. The lowest BCUT2D eigenvalue weighted by molar-refractivity contribution is -0.141. The lowest BCUT2D eigenvalue weighted by atomic mass is 10.0. The van der Waals surface area contributed by atoms with Crippen molar-refractivity contribution < 1.29 is 24.3 Å². The third kappa shape index (κ3) is 7.75. The van der Waals surface area contributed by atoms with Gasteiger partial charge in [-0.25, -0.2) is 0 Å². The van der Waals surface area contributed by atoms with Crippen LogP contribution in [-0.4, -0.2) is 53.5 Å². The lowest BCUT2D eigenvalue weighted by Crippen LogP contribution is -2.55. The summed E-state index contributed by atoms with van der Waals surface area (Å²) in [6.45, 7) is 4.42. The van der Waals surface area contributed by atoms with Crippen molar-refractivity contribution in [3.63, 3.8) is 0 Å². The Kier molecular flexibility index (Phi) is 9.10. The van der Waals surface area contributed by atoms with E-state index in [4.69, 9.17) is 10.8 Å². The average Bonchev–Trinajstić information content (AvgIpc) is 2.64. The van der Waals surface area contributed by atoms with Gasteiger partial charge in [-0.2, -0.15) is 0 Å². The molecular weight excluding hydrogens is 364 g/mol. The molecule has 0 aromatic heterocycles. The van der Waals surface area contributed by atoms with Crippen molar-refractivity contribution >= 4 is 23.7 Å². The van der Waals surface area contributed by atoms with E-state index in [1.165, 1.54) is 6.92 Å². The van der Waals surface area contributed by atoms with Crippen molar-refractivity contribution in [2.75, 3.05) is 6.54 Å². The van der Waals surface area contributed by atoms with Gasteiger partial charge in [-0.1, -0.05) is 44.2 Å². The van der Waals surface area contributed by atoms with Gasteiger partial charge in [0.1, 0.15) is 12.1 Å². The van der Waals surface area contributed by atoms with Crippen LogP contribution in [0.4, 0.5) is 0 Å². The Labute approximate surface area is 164 Å². The number of rotatable bonds is 10. The molecule has 9 heteroatoms. The maximum Gasteiger partial charge on any atom is 0.325 e. The van der Waals surface area contributed by atoms with E-state index in [1.807, 2.05) is 30.3 Å². The number of nitrogens with one attached hydrogen (secondary N) is 3. The van der Waals surface area contributed by atoms with Crippen LogP contribution >= 0.6 is 0 Å². The molecule has 3 atom stereocenters. The number of carboxylic acid groups (broad SMARTS) is 1. The van der Waals surface area contributed by atoms with E-state index < -0.39 is 48.4 Å². The van der Waals surface area contributed by atoms with Crippen LogP contribution < -0.4 is 21.7 Å². The van der Waals surface area contributed by atoms with Crippen LogP contribution in [0.5, 0.6) is 0 Å². The summed E-state index contributed by atoms with van der Waals surface area (Å²) in [5.74, 6) is -3.08. The quantitative estimate of drug-likeness (QED) is 0.359. The summed E-state index contributed by atoms with van der Waals surface area (Å²) in [6, 6.07) is 6.51. The lowest BCUT2D eigenvalue weighted by Gasteiger charge is -2.23. The number of benzene rings is 1. The van der Waals surface area contributed by atoms with Gasteiger partial charge in [0.2, 0.25) is 17.7 Å². The Morgan fingerprint density at radius 1 is 1.00 bits per heavy atom. The monoisotopic (exact) mass is 392 g/mol. The van der Waals surface area contributed by atoms with E-state index in [0.29, 0.717) is 6.42 Å². The minimum absolute atomic E-state index is 0.242. The SMILES string of the molecule is CC(NC(=O)CNC(=O)C(NC(=O)C(N)Cc1ccccc1)C(C)C)C(=O)O. The molecule has 6 N–H and O–H groups in total. The molecule has 0 aliphatic rings. The molecule has 0 aliphatic carbocycles. The van der Waals surface area contributed by atoms with Crippen molar-refractivity contribution in [1.29, 1.82) is 0 Å². The maximum atomic E-state index is 12.4. The summed E-state index contributed by atoms with van der Waals surface area (Å²) < 4.78 is 0. The van der Waals surface area contributed by atoms with Crippen LogP contribution in [0.2, 0.25) is 0 Å². The topological polar surface area (TPSA) is 151 Å². The second kappa shape index (κ2) is 11.0. The van der Waals surface area contributed by atoms with Crippen molar-refractivity contribution in [3.8, 4) is 0 Å². The Morgan fingerprint density at radius 2 is 1.61 bits per heavy atom. The molecule has 3 amide bonds. The molecule has 9 nitrogen and oxygen atoms in total. The molecule has 0 saturated heterocycles. The van der Waals surface area contributed by atoms with Gasteiger partial charge in [0, 0.05) is 0 Å². The van der Waals surface area contributed by atoms with E-state index >= 15 is 0 Å². The number of hydrogen-bond donors (Lipinski definition) is 5. The average molecular weight is 392 g/mol. The number of carbonyl (C=O) groups is 4. The van der Waals surface area contributed by atoms with Gasteiger partial charge in [-0.05, 0) is 24.8 Å². The zero-order valence-corrected chi connectivity index (χ0v) is 16.3. The second-order valence-corrected chi connectivity index (χ2v) is 6.87. The number of carboxylic acids is 1. The molecule has 1 aromatic carbocycles. The summed E-state index contributed by atoms with van der Waals surface area (Å²) in [6.07, 6.45) is 0.328. The van der Waals surface area contributed by atoms with Crippen LogP contribution in [0.3, 0.4) is 0 Å². The number of nitrogens with two attached hydrogens (primary N) is 1. The smallest absolute Gasteiger partial charge is 0.325 e. The normalized spacial score (nSPS) is 13.9. The highest BCUT2D eigenvalue weighted by Gasteiger charge is 2.27. The molecule has 3 unspecified atom stereocenters. The van der Waals surface area contributed by atoms with Crippen LogP contribution in [-0.2, 0) is 25.6 Å². The van der Waals surface area contributed by atoms with Crippen molar-refractivity contribution in [1.82, 2.24) is 16.0 Å². The van der Waals surface area contributed by atoms with E-state index in [1.54, 1.807) is 13.8 Å². The molecule has 1 rings (SSSR count). The Morgan fingerprint density at radius 3 is 2.14 bits per heavy atom. The minimum atomic E-state index is -1.18. The Bertz CT molecular complexity index is 693. The molecule has 28 heavy (non-hydrogen) atoms. The van der Waals surface area contributed by atoms with E-state index in [-0.39, 0.29) is 5.92 Å². The molecule has 0 heterocycles. The zero-order chi connectivity index (χ0) is 21.3. The van der Waals surface area contributed by atoms with Crippen LogP contribution in [0, 0.1) is 5.92 Å². The van der Waals surface area contributed by atoms with E-state index in [9.17, 15) is 19.2 Å². The predicted molar refractivity (Wildman–Crippen MR) is 103 cm³/mol. The maximum absolute atomic E-state index is 12.4. The highest BCUT2D eigenvalue weighted by atomic mass is 16.4. The molecular formula is C19H28N4O5. The molecule has 0 fully saturated rings. The van der Waals surface area contributed by atoms with Gasteiger partial charge < -0.3 is 26.8 Å². The van der Waals surface area contributed by atoms with Crippen LogP contribution in [0.25, 0.3) is 0 Å². The first kappa shape index (κ1) is 23.1.